The van der Waals surface area contributed by atoms with Crippen LogP contribution in [0.5, 0.6) is 0 Å². The fourth-order valence-corrected chi connectivity index (χ4v) is 1.74. The molecule has 2 amide bonds. The highest BCUT2D eigenvalue weighted by Crippen LogP contribution is 2.20. The molecule has 1 saturated heterocycles. The Morgan fingerprint density at radius 3 is 2.80 bits per heavy atom. The first kappa shape index (κ1) is 8.28. The highest BCUT2D eigenvalue weighted by atomic mass is 16.2. The number of hydrazone groups is 1. The zero-order valence-electron chi connectivity index (χ0n) is 8.05. The fourth-order valence-electron chi connectivity index (χ4n) is 1.74. The molecule has 1 N–H and O–H groups in total. The summed E-state index contributed by atoms with van der Waals surface area (Å²) in [5.74, 6) is 0.795. The minimum atomic E-state index is -0.0628. The molecule has 5 heteroatoms. The van der Waals surface area contributed by atoms with Gasteiger partial charge in [-0.15, -0.1) is 0 Å². The van der Waals surface area contributed by atoms with Gasteiger partial charge in [0.2, 0.25) is 0 Å². The second kappa shape index (κ2) is 2.98. The van der Waals surface area contributed by atoms with Gasteiger partial charge in [0, 0.05) is 0 Å². The summed E-state index contributed by atoms with van der Waals surface area (Å²) in [5, 5.41) is 8.91. The number of fused-ring (bicyclic) bond motifs is 1. The van der Waals surface area contributed by atoms with Crippen LogP contribution in [0.1, 0.15) is 0 Å². The van der Waals surface area contributed by atoms with Crippen LogP contribution in [-0.4, -0.2) is 30.0 Å². The maximum atomic E-state index is 11.3. The van der Waals surface area contributed by atoms with Gasteiger partial charge < -0.3 is 5.32 Å². The number of nitrogens with zero attached hydrogens (tertiary/aromatic N) is 3. The molecule has 0 unspecified atom stereocenters. The molecule has 3 rings (SSSR count). The molecule has 15 heavy (non-hydrogen) atoms. The molecular formula is C10H10N4O. The Morgan fingerprint density at radius 1 is 1.27 bits per heavy atom. The highest BCUT2D eigenvalue weighted by Gasteiger charge is 2.33. The maximum absolute atomic E-state index is 11.3. The van der Waals surface area contributed by atoms with E-state index in [1.165, 1.54) is 0 Å². The van der Waals surface area contributed by atoms with E-state index in [1.54, 1.807) is 4.90 Å². The quantitative estimate of drug-likeness (QED) is 0.732. The molecule has 2 aliphatic heterocycles. The largest absolute Gasteiger partial charge is 0.330 e. The topological polar surface area (TPSA) is 47.9 Å². The van der Waals surface area contributed by atoms with E-state index in [9.17, 15) is 4.79 Å². The molecular weight excluding hydrogens is 192 g/mol. The van der Waals surface area contributed by atoms with Gasteiger partial charge in [0.15, 0.2) is 5.84 Å². The fraction of sp³-hybridized carbons (Fsp3) is 0.200. The third kappa shape index (κ3) is 1.24. The Balaban J connectivity index is 1.89. The van der Waals surface area contributed by atoms with Crippen molar-refractivity contribution in [2.24, 2.45) is 5.10 Å². The van der Waals surface area contributed by atoms with E-state index >= 15 is 0 Å². The van der Waals surface area contributed by atoms with Crippen LogP contribution in [-0.2, 0) is 0 Å². The summed E-state index contributed by atoms with van der Waals surface area (Å²) in [6.45, 7) is 1.04. The molecule has 2 aliphatic rings. The molecule has 76 valence electrons. The number of carbonyl (C=O) groups excluding carboxylic acids is 1. The first-order valence-electron chi connectivity index (χ1n) is 4.80. The van der Waals surface area contributed by atoms with E-state index in [0.29, 0.717) is 13.2 Å². The number of amides is 2. The van der Waals surface area contributed by atoms with Gasteiger partial charge in [-0.2, -0.15) is 5.10 Å². The number of urea groups is 1. The third-order valence-electron chi connectivity index (χ3n) is 2.52. The van der Waals surface area contributed by atoms with E-state index in [2.05, 4.69) is 10.4 Å². The van der Waals surface area contributed by atoms with Crippen molar-refractivity contribution in [2.45, 2.75) is 0 Å². The second-order valence-corrected chi connectivity index (χ2v) is 3.48. The summed E-state index contributed by atoms with van der Waals surface area (Å²) in [4.78, 5) is 13.0. The number of hydrogen-bond donors (Lipinski definition) is 1. The zero-order chi connectivity index (χ0) is 10.3. The van der Waals surface area contributed by atoms with Gasteiger partial charge in [-0.1, -0.05) is 18.2 Å². The number of anilines is 1. The Bertz CT molecular complexity index is 428. The molecule has 2 heterocycles. The van der Waals surface area contributed by atoms with Crippen molar-refractivity contribution in [1.29, 1.82) is 0 Å². The summed E-state index contributed by atoms with van der Waals surface area (Å²) in [7, 11) is 0. The van der Waals surface area contributed by atoms with Gasteiger partial charge in [-0.05, 0) is 12.1 Å². The van der Waals surface area contributed by atoms with Crippen molar-refractivity contribution in [1.82, 2.24) is 10.2 Å². The smallest absolute Gasteiger partial charge is 0.324 e. The molecule has 0 saturated carbocycles. The van der Waals surface area contributed by atoms with Gasteiger partial charge in [0.25, 0.3) is 0 Å². The number of hydrogen-bond acceptors (Lipinski definition) is 3. The Labute approximate surface area is 87.0 Å². The van der Waals surface area contributed by atoms with E-state index in [4.69, 9.17) is 0 Å². The summed E-state index contributed by atoms with van der Waals surface area (Å²) < 4.78 is 0. The van der Waals surface area contributed by atoms with Crippen molar-refractivity contribution in [3.8, 4) is 0 Å². The highest BCUT2D eigenvalue weighted by molar-refractivity contribution is 6.06. The molecule has 1 fully saturated rings. The molecule has 1 aromatic rings. The third-order valence-corrected chi connectivity index (χ3v) is 2.52. The Hall–Kier alpha value is -2.04. The van der Waals surface area contributed by atoms with Crippen molar-refractivity contribution >= 4 is 17.6 Å². The Morgan fingerprint density at radius 2 is 2.07 bits per heavy atom. The van der Waals surface area contributed by atoms with Crippen LogP contribution in [0.2, 0.25) is 0 Å². The first-order chi connectivity index (χ1) is 7.34. The number of para-hydroxylation sites is 1. The molecule has 0 spiro atoms. The van der Waals surface area contributed by atoms with Crippen LogP contribution in [0.15, 0.2) is 35.4 Å². The number of rotatable bonds is 1. The average molecular weight is 202 g/mol. The molecule has 0 atom stereocenters. The maximum Gasteiger partial charge on any atom is 0.324 e. The van der Waals surface area contributed by atoms with Crippen molar-refractivity contribution in [3.05, 3.63) is 30.3 Å². The SMILES string of the molecule is O=C1NCC2=NN(c3ccccc3)CN12. The van der Waals surface area contributed by atoms with Gasteiger partial charge in [0.05, 0.1) is 12.2 Å². The van der Waals surface area contributed by atoms with Crippen LogP contribution in [0.25, 0.3) is 0 Å². The van der Waals surface area contributed by atoms with E-state index in [0.717, 1.165) is 11.5 Å². The second-order valence-electron chi connectivity index (χ2n) is 3.48. The van der Waals surface area contributed by atoms with E-state index < -0.39 is 0 Å². The molecule has 0 aromatic heterocycles. The monoisotopic (exact) mass is 202 g/mol. The molecule has 5 nitrogen and oxygen atoms in total. The van der Waals surface area contributed by atoms with Crippen LogP contribution >= 0.6 is 0 Å². The number of carbonyl (C=O) groups is 1. The first-order valence-corrected chi connectivity index (χ1v) is 4.80. The van der Waals surface area contributed by atoms with Crippen molar-refractivity contribution in [2.75, 3.05) is 18.2 Å². The van der Waals surface area contributed by atoms with E-state index in [-0.39, 0.29) is 6.03 Å². The number of benzene rings is 1. The standard InChI is InChI=1S/C10H10N4O/c15-10-11-6-9-12-14(7-13(9)10)8-4-2-1-3-5-8/h1-5H,6-7H2,(H,11,15). The lowest BCUT2D eigenvalue weighted by Gasteiger charge is -2.15. The molecule has 1 aromatic carbocycles. The van der Waals surface area contributed by atoms with E-state index in [1.807, 2.05) is 35.3 Å². The number of amidine groups is 1. The molecule has 0 bridgehead atoms. The van der Waals surface area contributed by atoms with Crippen LogP contribution in [0, 0.1) is 0 Å². The van der Waals surface area contributed by atoms with Crippen LogP contribution in [0.4, 0.5) is 10.5 Å². The summed E-state index contributed by atoms with van der Waals surface area (Å²) >= 11 is 0. The summed E-state index contributed by atoms with van der Waals surface area (Å²) in [5.41, 5.74) is 1.01. The van der Waals surface area contributed by atoms with Gasteiger partial charge >= 0.3 is 6.03 Å². The lowest BCUT2D eigenvalue weighted by molar-refractivity contribution is 0.230. The van der Waals surface area contributed by atoms with Crippen molar-refractivity contribution < 1.29 is 4.79 Å². The predicted molar refractivity (Wildman–Crippen MR) is 56.5 cm³/mol. The Kier molecular flexibility index (Phi) is 1.65. The normalized spacial score (nSPS) is 18.9. The summed E-state index contributed by atoms with van der Waals surface area (Å²) in [6, 6.07) is 9.76. The van der Waals surface area contributed by atoms with Gasteiger partial charge in [0.1, 0.15) is 6.67 Å². The minimum absolute atomic E-state index is 0.0628. The number of nitrogens with one attached hydrogen (secondary N) is 1. The lowest BCUT2D eigenvalue weighted by Crippen LogP contribution is -2.33. The summed E-state index contributed by atoms with van der Waals surface area (Å²) in [6.07, 6.45) is 0. The van der Waals surface area contributed by atoms with Crippen LogP contribution < -0.4 is 10.3 Å². The van der Waals surface area contributed by atoms with Gasteiger partial charge in [-0.25, -0.2) is 9.80 Å². The van der Waals surface area contributed by atoms with Gasteiger partial charge in [-0.3, -0.25) is 4.90 Å². The predicted octanol–water partition coefficient (Wildman–Crippen LogP) is 0.803. The average Bonchev–Trinajstić information content (AvgIpc) is 2.83. The minimum Gasteiger partial charge on any atom is -0.330 e. The van der Waals surface area contributed by atoms with Crippen LogP contribution in [0.3, 0.4) is 0 Å². The lowest BCUT2D eigenvalue weighted by atomic mass is 10.3. The molecule has 0 radical (unpaired) electrons. The zero-order valence-corrected chi connectivity index (χ0v) is 8.05. The molecule has 0 aliphatic carbocycles. The van der Waals surface area contributed by atoms with Crippen molar-refractivity contribution in [3.63, 3.8) is 0 Å².